The molecule has 18 heavy (non-hydrogen) atoms. The van der Waals surface area contributed by atoms with Gasteiger partial charge in [-0.1, -0.05) is 30.7 Å². The van der Waals surface area contributed by atoms with Gasteiger partial charge in [0, 0.05) is 0 Å². The third-order valence-corrected chi connectivity index (χ3v) is 7.49. The number of nitrogens with one attached hydrogen (secondary N) is 1. The summed E-state index contributed by atoms with van der Waals surface area (Å²) in [7, 11) is -3.69. The van der Waals surface area contributed by atoms with Gasteiger partial charge in [-0.05, 0) is 35.3 Å². The summed E-state index contributed by atoms with van der Waals surface area (Å²) in [5.74, 6) is 0. The lowest BCUT2D eigenvalue weighted by molar-refractivity contribution is 0.513. The van der Waals surface area contributed by atoms with Crippen molar-refractivity contribution in [2.45, 2.75) is 30.0 Å². The normalized spacial score (nSPS) is 15.3. The fourth-order valence-electron chi connectivity index (χ4n) is 1.10. The van der Waals surface area contributed by atoms with E-state index >= 15 is 0 Å². The van der Waals surface area contributed by atoms with Crippen LogP contribution in [0.4, 0.5) is 0 Å². The third-order valence-electron chi connectivity index (χ3n) is 2.50. The van der Waals surface area contributed by atoms with Crippen molar-refractivity contribution >= 4 is 66.1 Å². The number of nitrogens with two attached hydrogens (primary N) is 1. The molecular formula is C9H12BrClN2O2S3. The van der Waals surface area contributed by atoms with Crippen LogP contribution in [-0.2, 0) is 10.0 Å². The fraction of sp³-hybridized carbons (Fsp3) is 0.444. The summed E-state index contributed by atoms with van der Waals surface area (Å²) in [6, 6.07) is 1.38. The smallest absolute Gasteiger partial charge is 0.251 e. The van der Waals surface area contributed by atoms with E-state index < -0.39 is 15.6 Å². The molecule has 0 spiro atoms. The summed E-state index contributed by atoms with van der Waals surface area (Å²) < 4.78 is 27.6. The Hall–Kier alpha value is 0.270. The van der Waals surface area contributed by atoms with E-state index in [0.29, 0.717) is 15.2 Å². The molecule has 0 bridgehead atoms. The van der Waals surface area contributed by atoms with Crippen molar-refractivity contribution in [2.75, 3.05) is 0 Å². The van der Waals surface area contributed by atoms with Gasteiger partial charge < -0.3 is 5.73 Å². The number of hydrogen-bond acceptors (Lipinski definition) is 4. The van der Waals surface area contributed by atoms with E-state index in [1.807, 2.05) is 0 Å². The van der Waals surface area contributed by atoms with E-state index in [-0.39, 0.29) is 9.20 Å². The molecule has 4 nitrogen and oxygen atoms in total. The maximum absolute atomic E-state index is 12.2. The topological polar surface area (TPSA) is 72.2 Å². The molecule has 1 atom stereocenters. The number of thiocarbonyl (C=S) groups is 1. The molecule has 0 amide bonds. The predicted octanol–water partition coefficient (Wildman–Crippen LogP) is 2.90. The zero-order valence-electron chi connectivity index (χ0n) is 9.66. The maximum Gasteiger partial charge on any atom is 0.251 e. The van der Waals surface area contributed by atoms with E-state index in [9.17, 15) is 8.42 Å². The van der Waals surface area contributed by atoms with Crippen LogP contribution in [0, 0.1) is 0 Å². The average molecular weight is 392 g/mol. The molecule has 0 saturated carbocycles. The van der Waals surface area contributed by atoms with Crippen molar-refractivity contribution in [3.8, 4) is 0 Å². The minimum absolute atomic E-state index is 0.107. The Morgan fingerprint density at radius 3 is 2.61 bits per heavy atom. The molecule has 0 fully saturated rings. The van der Waals surface area contributed by atoms with Crippen LogP contribution in [0.25, 0.3) is 0 Å². The van der Waals surface area contributed by atoms with Gasteiger partial charge in [-0.25, -0.2) is 8.42 Å². The van der Waals surface area contributed by atoms with E-state index in [1.165, 1.54) is 6.07 Å². The highest BCUT2D eigenvalue weighted by Gasteiger charge is 2.32. The Bertz CT molecular complexity index is 553. The number of hydrogen-bond donors (Lipinski definition) is 2. The standard InChI is InChI=1S/C9H12BrClN2O2S3/c1-3-9(2,8(12)16)13-18(14,15)6-4-5(11)7(10)17-6/h4,13H,3H2,1-2H3,(H2,12,16). The molecule has 0 saturated heterocycles. The van der Waals surface area contributed by atoms with Gasteiger partial charge in [0.1, 0.15) is 4.21 Å². The Morgan fingerprint density at radius 2 is 2.28 bits per heavy atom. The monoisotopic (exact) mass is 390 g/mol. The van der Waals surface area contributed by atoms with Gasteiger partial charge in [0.05, 0.1) is 19.3 Å². The highest BCUT2D eigenvalue weighted by atomic mass is 79.9. The molecule has 1 aromatic rings. The van der Waals surface area contributed by atoms with E-state index in [1.54, 1.807) is 13.8 Å². The van der Waals surface area contributed by atoms with Gasteiger partial charge in [0.2, 0.25) is 0 Å². The van der Waals surface area contributed by atoms with Crippen LogP contribution >= 0.6 is 51.1 Å². The Labute approximate surface area is 129 Å². The van der Waals surface area contributed by atoms with Crippen molar-refractivity contribution in [1.82, 2.24) is 4.72 Å². The second kappa shape index (κ2) is 5.72. The number of sulfonamides is 1. The van der Waals surface area contributed by atoms with E-state index in [2.05, 4.69) is 20.7 Å². The van der Waals surface area contributed by atoms with Gasteiger partial charge in [0.25, 0.3) is 10.0 Å². The Kier molecular flexibility index (Phi) is 5.19. The lowest BCUT2D eigenvalue weighted by atomic mass is 10.0. The first kappa shape index (κ1) is 16.3. The number of rotatable bonds is 5. The second-order valence-electron chi connectivity index (χ2n) is 3.84. The SMILES string of the molecule is CCC(C)(NS(=O)(=O)c1cc(Cl)c(Br)s1)C(N)=S. The minimum atomic E-state index is -3.69. The molecule has 0 aliphatic carbocycles. The fourth-order valence-corrected chi connectivity index (χ4v) is 5.22. The lowest BCUT2D eigenvalue weighted by Gasteiger charge is -2.27. The maximum atomic E-state index is 12.2. The Balaban J connectivity index is 3.13. The van der Waals surface area contributed by atoms with Crippen LogP contribution in [0.5, 0.6) is 0 Å². The van der Waals surface area contributed by atoms with Crippen molar-refractivity contribution in [3.05, 3.63) is 14.9 Å². The molecule has 3 N–H and O–H groups in total. The molecule has 102 valence electrons. The van der Waals surface area contributed by atoms with Gasteiger partial charge >= 0.3 is 0 Å². The first-order valence-corrected chi connectivity index (χ1v) is 8.79. The second-order valence-corrected chi connectivity index (χ2v) is 8.97. The van der Waals surface area contributed by atoms with Crippen LogP contribution < -0.4 is 10.5 Å². The molecule has 9 heteroatoms. The molecule has 1 aromatic heterocycles. The number of halogens is 2. The van der Waals surface area contributed by atoms with Crippen LogP contribution in [-0.4, -0.2) is 18.9 Å². The Morgan fingerprint density at radius 1 is 1.72 bits per heavy atom. The van der Waals surface area contributed by atoms with Crippen molar-refractivity contribution in [1.29, 1.82) is 0 Å². The highest BCUT2D eigenvalue weighted by molar-refractivity contribution is 9.11. The van der Waals surface area contributed by atoms with Gasteiger partial charge in [0.15, 0.2) is 0 Å². The molecule has 1 heterocycles. The third kappa shape index (κ3) is 3.43. The number of thiophene rings is 1. The van der Waals surface area contributed by atoms with Crippen LogP contribution in [0.15, 0.2) is 14.1 Å². The van der Waals surface area contributed by atoms with Crippen LogP contribution in [0.3, 0.4) is 0 Å². The van der Waals surface area contributed by atoms with E-state index in [4.69, 9.17) is 29.6 Å². The molecule has 0 aliphatic heterocycles. The summed E-state index contributed by atoms with van der Waals surface area (Å²) in [5.41, 5.74) is 4.63. The van der Waals surface area contributed by atoms with Gasteiger partial charge in [-0.15, -0.1) is 11.3 Å². The molecule has 1 rings (SSSR count). The average Bonchev–Trinajstić information content (AvgIpc) is 2.59. The molecule has 1 unspecified atom stereocenters. The van der Waals surface area contributed by atoms with Gasteiger partial charge in [-0.3, -0.25) is 0 Å². The van der Waals surface area contributed by atoms with Gasteiger partial charge in [-0.2, -0.15) is 4.72 Å². The summed E-state index contributed by atoms with van der Waals surface area (Å²) in [6.45, 7) is 3.45. The van der Waals surface area contributed by atoms with Crippen LogP contribution in [0.2, 0.25) is 5.02 Å². The zero-order valence-corrected chi connectivity index (χ0v) is 14.5. The predicted molar refractivity (Wildman–Crippen MR) is 82.8 cm³/mol. The summed E-state index contributed by atoms with van der Waals surface area (Å²) in [4.78, 5) is 0.107. The first-order valence-electron chi connectivity index (χ1n) is 4.91. The lowest BCUT2D eigenvalue weighted by Crippen LogP contribution is -2.53. The summed E-state index contributed by atoms with van der Waals surface area (Å²) in [5, 5.41) is 0.355. The highest BCUT2D eigenvalue weighted by Crippen LogP contribution is 2.35. The molecular weight excluding hydrogens is 380 g/mol. The minimum Gasteiger partial charge on any atom is -0.392 e. The zero-order chi connectivity index (χ0) is 14.1. The van der Waals surface area contributed by atoms with E-state index in [0.717, 1.165) is 11.3 Å². The first-order chi connectivity index (χ1) is 8.12. The van der Waals surface area contributed by atoms with Crippen molar-refractivity contribution < 1.29 is 8.42 Å². The largest absolute Gasteiger partial charge is 0.392 e. The molecule has 0 radical (unpaired) electrons. The quantitative estimate of drug-likeness (QED) is 0.757. The molecule has 0 aliphatic rings. The summed E-state index contributed by atoms with van der Waals surface area (Å²) in [6.07, 6.45) is 0.460. The van der Waals surface area contributed by atoms with Crippen LogP contribution in [0.1, 0.15) is 20.3 Å². The van der Waals surface area contributed by atoms with Crippen molar-refractivity contribution in [3.63, 3.8) is 0 Å². The van der Waals surface area contributed by atoms with Crippen molar-refractivity contribution in [2.24, 2.45) is 5.73 Å². The molecule has 0 aromatic carbocycles. The summed E-state index contributed by atoms with van der Waals surface area (Å²) >= 11 is 14.9.